The summed E-state index contributed by atoms with van der Waals surface area (Å²) in [5.41, 5.74) is 6.00. The quantitative estimate of drug-likeness (QED) is 0.340. The number of carbonyl (C=O) groups is 1. The lowest BCUT2D eigenvalue weighted by Gasteiger charge is -2.31. The van der Waals surface area contributed by atoms with Gasteiger partial charge in [-0.1, -0.05) is 13.0 Å². The fourth-order valence-electron chi connectivity index (χ4n) is 5.88. The van der Waals surface area contributed by atoms with Gasteiger partial charge < -0.3 is 14.2 Å². The van der Waals surface area contributed by atoms with Gasteiger partial charge in [0.05, 0.1) is 24.6 Å². The molecule has 0 spiro atoms. The number of likely N-dealkylation sites (tertiary alicyclic amines) is 1. The molecule has 0 saturated carbocycles. The zero-order chi connectivity index (χ0) is 25.9. The van der Waals surface area contributed by atoms with Crippen LogP contribution in [0.25, 0.3) is 33.0 Å². The van der Waals surface area contributed by atoms with Gasteiger partial charge in [0.25, 0.3) is 5.91 Å². The van der Waals surface area contributed by atoms with Gasteiger partial charge in [0.15, 0.2) is 0 Å². The van der Waals surface area contributed by atoms with Crippen LogP contribution < -0.4 is 4.74 Å². The fraction of sp³-hybridized carbons (Fsp3) is 0.345. The number of carbonyl (C=O) groups excluding carboxylic acids is 1. The third kappa shape index (κ3) is 3.60. The molecular formula is C29H29N5O2S. The molecule has 3 aromatic heterocycles. The summed E-state index contributed by atoms with van der Waals surface area (Å²) in [4.78, 5) is 16.9. The van der Waals surface area contributed by atoms with E-state index < -0.39 is 5.54 Å². The summed E-state index contributed by atoms with van der Waals surface area (Å²) in [5.74, 6) is 0.894. The number of rotatable bonds is 4. The number of methoxy groups -OCH3 is 1. The maximum atomic E-state index is 14.0. The van der Waals surface area contributed by atoms with Crippen molar-refractivity contribution in [3.05, 3.63) is 59.2 Å². The summed E-state index contributed by atoms with van der Waals surface area (Å²) in [7, 11) is 3.60. The largest absolute Gasteiger partial charge is 0.496 e. The van der Waals surface area contributed by atoms with Crippen molar-refractivity contribution in [1.82, 2.24) is 19.2 Å². The average molecular weight is 512 g/mol. The molecule has 1 unspecified atom stereocenters. The number of aromatic nitrogens is 3. The first-order valence-corrected chi connectivity index (χ1v) is 13.5. The molecule has 1 aromatic carbocycles. The average Bonchev–Trinajstić information content (AvgIpc) is 3.69. The predicted octanol–water partition coefficient (Wildman–Crippen LogP) is 5.93. The van der Waals surface area contributed by atoms with Crippen LogP contribution in [0, 0.1) is 11.3 Å². The Labute approximate surface area is 220 Å². The fourth-order valence-corrected chi connectivity index (χ4v) is 6.62. The SMILES string of the molecule is COc1cc2c(cc1-c1ccn(C)n1)-c1c(-c3cccs3)cc(C(=O)N3CCC[C@]3(C)C#N)n1CC2C. The van der Waals surface area contributed by atoms with E-state index in [0.29, 0.717) is 25.2 Å². The molecule has 0 aliphatic carbocycles. The minimum Gasteiger partial charge on any atom is -0.496 e. The third-order valence-electron chi connectivity index (χ3n) is 7.83. The number of hydrogen-bond acceptors (Lipinski definition) is 5. The Kier molecular flexibility index (Phi) is 5.50. The molecule has 0 radical (unpaired) electrons. The van der Waals surface area contributed by atoms with E-state index in [1.165, 1.54) is 5.56 Å². The number of aryl methyl sites for hydroxylation is 1. The number of nitrogens with zero attached hydrogens (tertiary/aromatic N) is 5. The molecule has 2 atom stereocenters. The summed E-state index contributed by atoms with van der Waals surface area (Å²) < 4.78 is 9.78. The van der Waals surface area contributed by atoms with Crippen molar-refractivity contribution in [3.63, 3.8) is 0 Å². The third-order valence-corrected chi connectivity index (χ3v) is 8.74. The Morgan fingerprint density at radius 2 is 2.08 bits per heavy atom. The summed E-state index contributed by atoms with van der Waals surface area (Å²) in [6.07, 6.45) is 3.47. The maximum absolute atomic E-state index is 14.0. The van der Waals surface area contributed by atoms with E-state index in [1.54, 1.807) is 28.0 Å². The number of hydrogen-bond donors (Lipinski definition) is 0. The van der Waals surface area contributed by atoms with E-state index in [1.807, 2.05) is 38.4 Å². The molecule has 1 saturated heterocycles. The van der Waals surface area contributed by atoms with Crippen LogP contribution >= 0.6 is 11.3 Å². The first-order chi connectivity index (χ1) is 17.8. The van der Waals surface area contributed by atoms with Gasteiger partial charge >= 0.3 is 0 Å². The number of amides is 1. The van der Waals surface area contributed by atoms with Gasteiger partial charge in [0.1, 0.15) is 17.0 Å². The molecule has 5 heterocycles. The van der Waals surface area contributed by atoms with Crippen LogP contribution in [0.1, 0.15) is 48.7 Å². The molecule has 7 nitrogen and oxygen atoms in total. The van der Waals surface area contributed by atoms with Crippen LogP contribution in [0.3, 0.4) is 0 Å². The molecule has 6 rings (SSSR count). The van der Waals surface area contributed by atoms with E-state index in [-0.39, 0.29) is 11.8 Å². The number of ether oxygens (including phenoxy) is 1. The zero-order valence-corrected chi connectivity index (χ0v) is 22.3. The van der Waals surface area contributed by atoms with Crippen molar-refractivity contribution in [3.8, 4) is 44.8 Å². The Morgan fingerprint density at radius 1 is 1.24 bits per heavy atom. The summed E-state index contributed by atoms with van der Waals surface area (Å²) in [5, 5.41) is 16.6. The highest BCUT2D eigenvalue weighted by Crippen LogP contribution is 2.48. The van der Waals surface area contributed by atoms with Crippen LogP contribution in [0.2, 0.25) is 0 Å². The van der Waals surface area contributed by atoms with E-state index in [2.05, 4.69) is 46.2 Å². The van der Waals surface area contributed by atoms with Gasteiger partial charge in [-0.15, -0.1) is 11.3 Å². The van der Waals surface area contributed by atoms with Crippen molar-refractivity contribution in [2.75, 3.05) is 13.7 Å². The number of nitriles is 1. The van der Waals surface area contributed by atoms with Crippen LogP contribution in [0.4, 0.5) is 0 Å². The second-order valence-electron chi connectivity index (χ2n) is 10.2. The molecule has 1 fully saturated rings. The molecule has 0 N–H and O–H groups in total. The minimum absolute atomic E-state index is 0.0697. The van der Waals surface area contributed by atoms with Gasteiger partial charge in [-0.3, -0.25) is 9.48 Å². The molecule has 188 valence electrons. The standard InChI is InChI=1S/C29H29N5O2S/c1-18-16-33-24(28(35)34-10-6-9-29(34,2)17-30)14-22(26-7-5-12-37-26)27(33)20-13-21(23-8-11-32(3)31-23)25(36-4)15-19(18)20/h5,7-8,11-15,18H,6,9-10,16H2,1-4H3/t18?,29-/m1/s1. The van der Waals surface area contributed by atoms with Crippen molar-refractivity contribution in [2.45, 2.75) is 44.7 Å². The first kappa shape index (κ1) is 23.6. The van der Waals surface area contributed by atoms with Crippen LogP contribution in [-0.4, -0.2) is 44.3 Å². The number of benzene rings is 1. The zero-order valence-electron chi connectivity index (χ0n) is 21.5. The summed E-state index contributed by atoms with van der Waals surface area (Å²) in [6.45, 7) is 5.35. The van der Waals surface area contributed by atoms with Gasteiger partial charge in [-0.05, 0) is 67.0 Å². The van der Waals surface area contributed by atoms with Gasteiger partial charge in [-0.25, -0.2) is 0 Å². The van der Waals surface area contributed by atoms with Crippen molar-refractivity contribution in [1.29, 1.82) is 5.26 Å². The van der Waals surface area contributed by atoms with Gasteiger partial charge in [0.2, 0.25) is 0 Å². The topological polar surface area (TPSA) is 76.1 Å². The van der Waals surface area contributed by atoms with Crippen molar-refractivity contribution < 1.29 is 9.53 Å². The van der Waals surface area contributed by atoms with Crippen LogP contribution in [0.5, 0.6) is 5.75 Å². The van der Waals surface area contributed by atoms with E-state index >= 15 is 0 Å². The summed E-state index contributed by atoms with van der Waals surface area (Å²) in [6, 6.07) is 14.9. The minimum atomic E-state index is -0.775. The molecule has 8 heteroatoms. The van der Waals surface area contributed by atoms with E-state index in [4.69, 9.17) is 4.74 Å². The molecule has 2 aliphatic heterocycles. The highest BCUT2D eigenvalue weighted by molar-refractivity contribution is 7.13. The molecule has 1 amide bonds. The van der Waals surface area contributed by atoms with Gasteiger partial charge in [-0.2, -0.15) is 10.4 Å². The molecule has 0 bridgehead atoms. The monoisotopic (exact) mass is 511 g/mol. The molecule has 4 aromatic rings. The second kappa shape index (κ2) is 8.63. The second-order valence-corrected chi connectivity index (χ2v) is 11.2. The van der Waals surface area contributed by atoms with Crippen molar-refractivity contribution in [2.24, 2.45) is 7.05 Å². The highest BCUT2D eigenvalue weighted by atomic mass is 32.1. The highest BCUT2D eigenvalue weighted by Gasteiger charge is 2.42. The predicted molar refractivity (Wildman–Crippen MR) is 145 cm³/mol. The maximum Gasteiger partial charge on any atom is 0.271 e. The number of thiophene rings is 1. The lowest BCUT2D eigenvalue weighted by atomic mass is 9.87. The lowest BCUT2D eigenvalue weighted by Crippen LogP contribution is -2.44. The molecule has 2 aliphatic rings. The van der Waals surface area contributed by atoms with E-state index in [9.17, 15) is 10.1 Å². The Balaban J connectivity index is 1.59. The Bertz CT molecular complexity index is 1560. The first-order valence-electron chi connectivity index (χ1n) is 12.6. The van der Waals surface area contributed by atoms with Gasteiger partial charge in [0, 0.05) is 47.9 Å². The molecular weight excluding hydrogens is 482 g/mol. The Morgan fingerprint density at radius 3 is 2.76 bits per heavy atom. The summed E-state index contributed by atoms with van der Waals surface area (Å²) >= 11 is 1.67. The normalized spacial score (nSPS) is 20.4. The lowest BCUT2D eigenvalue weighted by molar-refractivity contribution is 0.0681. The van der Waals surface area contributed by atoms with Crippen LogP contribution in [0.15, 0.2) is 48.0 Å². The smallest absolute Gasteiger partial charge is 0.271 e. The molecule has 37 heavy (non-hydrogen) atoms. The van der Waals surface area contributed by atoms with Crippen molar-refractivity contribution >= 4 is 17.2 Å². The Hall–Kier alpha value is -3.83. The van der Waals surface area contributed by atoms with E-state index in [0.717, 1.165) is 45.1 Å². The van der Waals surface area contributed by atoms with Crippen LogP contribution in [-0.2, 0) is 13.6 Å². The number of fused-ring (bicyclic) bond motifs is 3.